The van der Waals surface area contributed by atoms with Crippen LogP contribution in [0.15, 0.2) is 17.9 Å². The van der Waals surface area contributed by atoms with E-state index in [4.69, 9.17) is 0 Å². The SMILES string of the molecule is Cc1nc2scc(C)n2c1CNCc1cnc[nH]1. The van der Waals surface area contributed by atoms with Crippen molar-refractivity contribution < 1.29 is 0 Å². The lowest BCUT2D eigenvalue weighted by atomic mass is 10.3. The summed E-state index contributed by atoms with van der Waals surface area (Å²) in [7, 11) is 0. The van der Waals surface area contributed by atoms with Gasteiger partial charge in [0, 0.05) is 36.1 Å². The molecule has 0 aliphatic carbocycles. The van der Waals surface area contributed by atoms with Gasteiger partial charge in [0.1, 0.15) is 0 Å². The Kier molecular flexibility index (Phi) is 2.89. The van der Waals surface area contributed by atoms with E-state index in [9.17, 15) is 0 Å². The number of imidazole rings is 2. The molecule has 0 atom stereocenters. The van der Waals surface area contributed by atoms with E-state index in [1.807, 2.05) is 6.20 Å². The second kappa shape index (κ2) is 4.55. The van der Waals surface area contributed by atoms with Gasteiger partial charge in [-0.2, -0.15) is 0 Å². The fourth-order valence-corrected chi connectivity index (χ4v) is 3.00. The fourth-order valence-electron chi connectivity index (χ4n) is 2.07. The molecule has 0 radical (unpaired) electrons. The van der Waals surface area contributed by atoms with Gasteiger partial charge in [-0.25, -0.2) is 9.97 Å². The predicted molar refractivity (Wildman–Crippen MR) is 71.7 cm³/mol. The minimum absolute atomic E-state index is 0.788. The highest BCUT2D eigenvalue weighted by molar-refractivity contribution is 7.15. The van der Waals surface area contributed by atoms with E-state index in [2.05, 4.69) is 43.9 Å². The molecule has 18 heavy (non-hydrogen) atoms. The number of aromatic amines is 1. The van der Waals surface area contributed by atoms with E-state index in [0.29, 0.717) is 0 Å². The summed E-state index contributed by atoms with van der Waals surface area (Å²) in [5, 5.41) is 5.55. The molecule has 0 aliphatic heterocycles. The van der Waals surface area contributed by atoms with Crippen molar-refractivity contribution in [2.24, 2.45) is 0 Å². The molecule has 0 aliphatic rings. The number of nitrogens with zero attached hydrogens (tertiary/aromatic N) is 3. The zero-order chi connectivity index (χ0) is 12.5. The van der Waals surface area contributed by atoms with E-state index in [-0.39, 0.29) is 0 Å². The van der Waals surface area contributed by atoms with Crippen LogP contribution in [0.25, 0.3) is 4.96 Å². The number of thiazole rings is 1. The minimum atomic E-state index is 0.788. The van der Waals surface area contributed by atoms with Crippen LogP contribution in [0.4, 0.5) is 0 Å². The highest BCUT2D eigenvalue weighted by atomic mass is 32.1. The molecule has 3 aromatic rings. The normalized spacial score (nSPS) is 11.4. The van der Waals surface area contributed by atoms with Crippen LogP contribution >= 0.6 is 11.3 Å². The van der Waals surface area contributed by atoms with Crippen molar-refractivity contribution in [3.63, 3.8) is 0 Å². The molecule has 3 heterocycles. The molecule has 0 bridgehead atoms. The molecule has 0 saturated carbocycles. The summed E-state index contributed by atoms with van der Waals surface area (Å²) in [4.78, 5) is 12.7. The number of aryl methyl sites for hydroxylation is 2. The van der Waals surface area contributed by atoms with E-state index in [1.54, 1.807) is 17.7 Å². The smallest absolute Gasteiger partial charge is 0.194 e. The number of rotatable bonds is 4. The monoisotopic (exact) mass is 261 g/mol. The Morgan fingerprint density at radius 2 is 2.28 bits per heavy atom. The topological polar surface area (TPSA) is 58.0 Å². The van der Waals surface area contributed by atoms with Crippen molar-refractivity contribution in [1.29, 1.82) is 0 Å². The molecular weight excluding hydrogens is 246 g/mol. The van der Waals surface area contributed by atoms with Gasteiger partial charge < -0.3 is 10.3 Å². The molecule has 0 unspecified atom stereocenters. The lowest BCUT2D eigenvalue weighted by Gasteiger charge is -2.04. The molecule has 6 heteroatoms. The number of fused-ring (bicyclic) bond motifs is 1. The van der Waals surface area contributed by atoms with E-state index in [1.165, 1.54) is 11.4 Å². The first-order valence-electron chi connectivity index (χ1n) is 5.85. The Morgan fingerprint density at radius 3 is 3.06 bits per heavy atom. The second-order valence-corrected chi connectivity index (χ2v) is 5.16. The van der Waals surface area contributed by atoms with Gasteiger partial charge in [-0.3, -0.25) is 4.40 Å². The first-order valence-corrected chi connectivity index (χ1v) is 6.73. The summed E-state index contributed by atoms with van der Waals surface area (Å²) in [5.41, 5.74) is 4.68. The van der Waals surface area contributed by atoms with Gasteiger partial charge in [0.25, 0.3) is 0 Å². The highest BCUT2D eigenvalue weighted by Crippen LogP contribution is 2.20. The first kappa shape index (κ1) is 11.4. The van der Waals surface area contributed by atoms with E-state index >= 15 is 0 Å². The molecule has 0 fully saturated rings. The van der Waals surface area contributed by atoms with Gasteiger partial charge in [0.15, 0.2) is 4.96 Å². The van der Waals surface area contributed by atoms with Crippen LogP contribution in [-0.2, 0) is 13.1 Å². The van der Waals surface area contributed by atoms with Crippen molar-refractivity contribution in [2.45, 2.75) is 26.9 Å². The third-order valence-electron chi connectivity index (χ3n) is 2.99. The van der Waals surface area contributed by atoms with E-state index < -0.39 is 0 Å². The number of nitrogens with one attached hydrogen (secondary N) is 2. The Labute approximate surface area is 109 Å². The molecule has 3 aromatic heterocycles. The zero-order valence-electron chi connectivity index (χ0n) is 10.4. The molecule has 0 aromatic carbocycles. The third-order valence-corrected chi connectivity index (χ3v) is 3.94. The van der Waals surface area contributed by atoms with Crippen molar-refractivity contribution in [1.82, 2.24) is 24.7 Å². The Morgan fingerprint density at radius 1 is 1.39 bits per heavy atom. The van der Waals surface area contributed by atoms with Crippen molar-refractivity contribution in [2.75, 3.05) is 0 Å². The van der Waals surface area contributed by atoms with Gasteiger partial charge in [-0.1, -0.05) is 0 Å². The van der Waals surface area contributed by atoms with Gasteiger partial charge in [0.2, 0.25) is 0 Å². The second-order valence-electron chi connectivity index (χ2n) is 4.32. The van der Waals surface area contributed by atoms with Crippen LogP contribution in [-0.4, -0.2) is 19.4 Å². The molecule has 3 rings (SSSR count). The number of hydrogen-bond donors (Lipinski definition) is 2. The maximum Gasteiger partial charge on any atom is 0.194 e. The van der Waals surface area contributed by atoms with Gasteiger partial charge in [0.05, 0.1) is 17.7 Å². The summed E-state index contributed by atoms with van der Waals surface area (Å²) in [6.07, 6.45) is 3.53. The molecule has 0 saturated heterocycles. The maximum absolute atomic E-state index is 4.57. The lowest BCUT2D eigenvalue weighted by molar-refractivity contribution is 0.661. The summed E-state index contributed by atoms with van der Waals surface area (Å²) < 4.78 is 2.22. The van der Waals surface area contributed by atoms with E-state index in [0.717, 1.165) is 29.4 Å². The minimum Gasteiger partial charge on any atom is -0.347 e. The fraction of sp³-hybridized carbons (Fsp3) is 0.333. The van der Waals surface area contributed by atoms with Crippen LogP contribution in [0.2, 0.25) is 0 Å². The van der Waals surface area contributed by atoms with Crippen LogP contribution in [0, 0.1) is 13.8 Å². The summed E-state index contributed by atoms with van der Waals surface area (Å²) >= 11 is 1.69. The molecule has 0 spiro atoms. The average molecular weight is 261 g/mol. The highest BCUT2D eigenvalue weighted by Gasteiger charge is 2.11. The summed E-state index contributed by atoms with van der Waals surface area (Å²) in [6.45, 7) is 5.77. The molecule has 0 amide bonds. The molecular formula is C12H15N5S. The van der Waals surface area contributed by atoms with Gasteiger partial charge in [-0.15, -0.1) is 11.3 Å². The van der Waals surface area contributed by atoms with Crippen molar-refractivity contribution in [3.8, 4) is 0 Å². The van der Waals surface area contributed by atoms with Crippen LogP contribution in [0.3, 0.4) is 0 Å². The molecule has 94 valence electrons. The largest absolute Gasteiger partial charge is 0.347 e. The van der Waals surface area contributed by atoms with Crippen LogP contribution < -0.4 is 5.32 Å². The Bertz CT molecular complexity index is 649. The summed E-state index contributed by atoms with van der Waals surface area (Å²) in [6, 6.07) is 0. The average Bonchev–Trinajstić information content (AvgIpc) is 3.02. The van der Waals surface area contributed by atoms with Crippen LogP contribution in [0.5, 0.6) is 0 Å². The van der Waals surface area contributed by atoms with Gasteiger partial charge in [-0.05, 0) is 13.8 Å². The van der Waals surface area contributed by atoms with Crippen LogP contribution in [0.1, 0.15) is 22.8 Å². The third kappa shape index (κ3) is 1.93. The quantitative estimate of drug-likeness (QED) is 0.755. The van der Waals surface area contributed by atoms with Gasteiger partial charge >= 0.3 is 0 Å². The predicted octanol–water partition coefficient (Wildman–Crippen LogP) is 2.03. The Balaban J connectivity index is 1.77. The summed E-state index contributed by atoms with van der Waals surface area (Å²) in [5.74, 6) is 0. The number of hydrogen-bond acceptors (Lipinski definition) is 4. The first-order chi connectivity index (χ1) is 8.75. The Hall–Kier alpha value is -1.66. The molecule has 2 N–H and O–H groups in total. The zero-order valence-corrected chi connectivity index (χ0v) is 11.2. The standard InChI is InChI=1S/C12H15N5S/c1-8-6-18-12-16-9(2)11(17(8)12)5-13-3-10-4-14-7-15-10/h4,6-7,13H,3,5H2,1-2H3,(H,14,15). The lowest BCUT2D eigenvalue weighted by Crippen LogP contribution is -2.15. The number of H-pyrrole nitrogens is 1. The maximum atomic E-state index is 4.57. The number of aromatic nitrogens is 4. The van der Waals surface area contributed by atoms with Crippen molar-refractivity contribution in [3.05, 3.63) is 40.7 Å². The molecule has 5 nitrogen and oxygen atoms in total. The van der Waals surface area contributed by atoms with Crippen molar-refractivity contribution >= 4 is 16.3 Å².